The Labute approximate surface area is 235 Å². The lowest BCUT2D eigenvalue weighted by molar-refractivity contribution is 0.0526. The molecule has 0 spiro atoms. The Hall–Kier alpha value is -2.81. The number of unbranched alkanes of at least 4 members (excludes halogenated alkanes) is 1. The van der Waals surface area contributed by atoms with Crippen molar-refractivity contribution in [2.24, 2.45) is 0 Å². The second kappa shape index (κ2) is 12.8. The molecule has 1 fully saturated rings. The number of anilines is 1. The molecule has 40 heavy (non-hydrogen) atoms. The third-order valence-corrected chi connectivity index (χ3v) is 8.84. The Morgan fingerprint density at radius 3 is 2.65 bits per heavy atom. The van der Waals surface area contributed by atoms with E-state index in [-0.39, 0.29) is 31.8 Å². The van der Waals surface area contributed by atoms with Crippen LogP contribution in [0.15, 0.2) is 48.5 Å². The van der Waals surface area contributed by atoms with Crippen LogP contribution in [0.3, 0.4) is 0 Å². The fourth-order valence-electron chi connectivity index (χ4n) is 5.24. The van der Waals surface area contributed by atoms with Crippen molar-refractivity contribution in [2.45, 2.75) is 65.0 Å². The molecule has 0 saturated carbocycles. The highest BCUT2D eigenvalue weighted by Crippen LogP contribution is 2.54. The van der Waals surface area contributed by atoms with Crippen LogP contribution in [0.2, 0.25) is 0 Å². The van der Waals surface area contributed by atoms with E-state index in [1.165, 1.54) is 5.56 Å². The van der Waals surface area contributed by atoms with Crippen LogP contribution in [0.5, 0.6) is 0 Å². The van der Waals surface area contributed by atoms with Gasteiger partial charge in [-0.1, -0.05) is 69.2 Å². The first-order valence-electron chi connectivity index (χ1n) is 14.2. The summed E-state index contributed by atoms with van der Waals surface area (Å²) in [5, 5.41) is 0.942. The molecule has 1 aliphatic heterocycles. The number of nitrogens with two attached hydrogens (primary N) is 1. The maximum Gasteiger partial charge on any atom is 0.474 e. The van der Waals surface area contributed by atoms with Gasteiger partial charge in [-0.3, -0.25) is 13.6 Å². The quantitative estimate of drug-likeness (QED) is 0.183. The molecule has 9 nitrogen and oxygen atoms in total. The second-order valence-electron chi connectivity index (χ2n) is 10.2. The fourth-order valence-corrected chi connectivity index (χ4v) is 6.55. The summed E-state index contributed by atoms with van der Waals surface area (Å²) in [5.41, 5.74) is 11.0. The molecular weight excluding hydrogens is 527 g/mol. The topological polar surface area (TPSA) is 111 Å². The Bertz CT molecular complexity index is 1490. The Kier molecular flexibility index (Phi) is 9.18. The van der Waals surface area contributed by atoms with Gasteiger partial charge in [0.25, 0.3) is 0 Å². The lowest BCUT2D eigenvalue weighted by Crippen LogP contribution is -2.23. The number of nitrogen functional groups attached to an aromatic ring is 1. The highest BCUT2D eigenvalue weighted by Gasteiger charge is 2.36. The summed E-state index contributed by atoms with van der Waals surface area (Å²) >= 11 is 0. The Balaban J connectivity index is 1.43. The van der Waals surface area contributed by atoms with Gasteiger partial charge in [0.15, 0.2) is 5.82 Å². The number of imidazole rings is 1. The highest BCUT2D eigenvalue weighted by atomic mass is 31.2. The number of hydrogen-bond donors (Lipinski definition) is 1. The molecule has 214 valence electrons. The SMILES string of the molecule is CCCCC(COP1(=O)OCC(c2cccc(CC)c2)CO1)n1c(COCC)nc2c(N)nc3ccccc3c21. The van der Waals surface area contributed by atoms with Crippen molar-refractivity contribution in [2.75, 3.05) is 32.2 Å². The molecule has 1 aliphatic rings. The van der Waals surface area contributed by atoms with Gasteiger partial charge in [-0.05, 0) is 37.0 Å². The van der Waals surface area contributed by atoms with E-state index in [0.717, 1.165) is 53.5 Å². The number of phosphoric acid groups is 1. The highest BCUT2D eigenvalue weighted by molar-refractivity contribution is 7.48. The number of pyridine rings is 1. The molecule has 3 heterocycles. The van der Waals surface area contributed by atoms with Gasteiger partial charge < -0.3 is 15.0 Å². The van der Waals surface area contributed by atoms with E-state index < -0.39 is 7.82 Å². The van der Waals surface area contributed by atoms with Crippen molar-refractivity contribution < 1.29 is 22.9 Å². The van der Waals surface area contributed by atoms with Crippen molar-refractivity contribution in [1.82, 2.24) is 14.5 Å². The third kappa shape index (κ3) is 6.09. The molecule has 1 saturated heterocycles. The minimum atomic E-state index is -3.73. The van der Waals surface area contributed by atoms with Crippen LogP contribution >= 0.6 is 7.82 Å². The minimum Gasteiger partial charge on any atom is -0.382 e. The largest absolute Gasteiger partial charge is 0.474 e. The fraction of sp³-hybridized carbons (Fsp3) is 0.467. The van der Waals surface area contributed by atoms with Gasteiger partial charge in [0.1, 0.15) is 17.9 Å². The molecule has 2 aromatic carbocycles. The molecule has 0 amide bonds. The number of nitrogens with zero attached hydrogens (tertiary/aromatic N) is 3. The maximum absolute atomic E-state index is 13.5. The van der Waals surface area contributed by atoms with Crippen molar-refractivity contribution in [3.05, 3.63) is 65.5 Å². The number of rotatable bonds is 12. The summed E-state index contributed by atoms with van der Waals surface area (Å²) in [5.74, 6) is 1.10. The molecule has 1 atom stereocenters. The van der Waals surface area contributed by atoms with Crippen LogP contribution in [0.4, 0.5) is 5.82 Å². The molecule has 2 aromatic heterocycles. The number of hydrogen-bond acceptors (Lipinski definition) is 8. The smallest absolute Gasteiger partial charge is 0.382 e. The number of ether oxygens (including phenoxy) is 1. The van der Waals surface area contributed by atoms with E-state index >= 15 is 0 Å². The molecule has 10 heteroatoms. The minimum absolute atomic E-state index is 0.00490. The number of aryl methyl sites for hydroxylation is 1. The number of benzene rings is 2. The summed E-state index contributed by atoms with van der Waals surface area (Å²) in [6, 6.07) is 16.0. The van der Waals surface area contributed by atoms with Crippen LogP contribution in [0.25, 0.3) is 21.9 Å². The number of fused-ring (bicyclic) bond motifs is 3. The predicted octanol–water partition coefficient (Wildman–Crippen LogP) is 6.95. The lowest BCUT2D eigenvalue weighted by atomic mass is 9.98. The van der Waals surface area contributed by atoms with Gasteiger partial charge in [0.05, 0.1) is 36.9 Å². The van der Waals surface area contributed by atoms with Crippen LogP contribution in [-0.2, 0) is 35.9 Å². The van der Waals surface area contributed by atoms with Gasteiger partial charge in [-0.25, -0.2) is 14.5 Å². The standard InChI is InChI=1S/C30H39N4O5P/c1-4-7-13-24(19-39-40(35)37-17-23(18-38-40)22-12-10-11-21(5-2)16-22)34-27(20-36-6-3)33-28-29(34)25-14-8-9-15-26(25)32-30(28)31/h8-12,14-16,23-24H,4-7,13,17-20H2,1-3H3,(H2,31,32). The molecule has 5 rings (SSSR count). The van der Waals surface area contributed by atoms with E-state index in [2.05, 4.69) is 41.6 Å². The molecule has 0 bridgehead atoms. The Morgan fingerprint density at radius 2 is 1.90 bits per heavy atom. The number of aromatic nitrogens is 3. The first kappa shape index (κ1) is 28.7. The zero-order chi connectivity index (χ0) is 28.1. The van der Waals surface area contributed by atoms with E-state index in [0.29, 0.717) is 24.5 Å². The van der Waals surface area contributed by atoms with E-state index in [9.17, 15) is 4.57 Å². The molecule has 1 unspecified atom stereocenters. The maximum atomic E-state index is 13.5. The van der Waals surface area contributed by atoms with Crippen LogP contribution in [0.1, 0.15) is 68.9 Å². The first-order chi connectivity index (χ1) is 19.5. The molecule has 4 aromatic rings. The van der Waals surface area contributed by atoms with Crippen molar-refractivity contribution >= 4 is 35.6 Å². The third-order valence-electron chi connectivity index (χ3n) is 7.44. The van der Waals surface area contributed by atoms with Gasteiger partial charge in [0.2, 0.25) is 0 Å². The summed E-state index contributed by atoms with van der Waals surface area (Å²) in [4.78, 5) is 9.44. The van der Waals surface area contributed by atoms with Gasteiger partial charge in [0, 0.05) is 17.9 Å². The summed E-state index contributed by atoms with van der Waals surface area (Å²) < 4.78 is 39.0. The average Bonchev–Trinajstić information content (AvgIpc) is 3.37. The van der Waals surface area contributed by atoms with E-state index in [1.807, 2.05) is 37.3 Å². The van der Waals surface area contributed by atoms with Crippen LogP contribution in [-0.4, -0.2) is 41.0 Å². The predicted molar refractivity (Wildman–Crippen MR) is 157 cm³/mol. The van der Waals surface area contributed by atoms with Crippen LogP contribution < -0.4 is 5.73 Å². The molecular formula is C30H39N4O5P. The molecule has 0 radical (unpaired) electrons. The Morgan fingerprint density at radius 1 is 1.10 bits per heavy atom. The van der Waals surface area contributed by atoms with Gasteiger partial charge in [-0.2, -0.15) is 0 Å². The normalized spacial score (nSPS) is 20.3. The number of phosphoric ester groups is 1. The van der Waals surface area contributed by atoms with Crippen molar-refractivity contribution in [3.8, 4) is 0 Å². The lowest BCUT2D eigenvalue weighted by Gasteiger charge is -2.30. The van der Waals surface area contributed by atoms with Crippen molar-refractivity contribution in [1.29, 1.82) is 0 Å². The van der Waals surface area contributed by atoms with Gasteiger partial charge >= 0.3 is 7.82 Å². The zero-order valence-electron chi connectivity index (χ0n) is 23.5. The van der Waals surface area contributed by atoms with E-state index in [4.69, 9.17) is 29.0 Å². The second-order valence-corrected chi connectivity index (χ2v) is 11.8. The summed E-state index contributed by atoms with van der Waals surface area (Å²) in [7, 11) is -3.73. The van der Waals surface area contributed by atoms with Crippen LogP contribution in [0, 0.1) is 0 Å². The molecule has 2 N–H and O–H groups in total. The molecule has 0 aliphatic carbocycles. The van der Waals surface area contributed by atoms with E-state index in [1.54, 1.807) is 0 Å². The zero-order valence-corrected chi connectivity index (χ0v) is 24.4. The number of para-hydroxylation sites is 1. The van der Waals surface area contributed by atoms with Crippen molar-refractivity contribution in [3.63, 3.8) is 0 Å². The first-order valence-corrected chi connectivity index (χ1v) is 15.7. The summed E-state index contributed by atoms with van der Waals surface area (Å²) in [6.07, 6.45) is 3.68. The average molecular weight is 567 g/mol. The van der Waals surface area contributed by atoms with Gasteiger partial charge in [-0.15, -0.1) is 0 Å². The monoisotopic (exact) mass is 566 g/mol. The summed E-state index contributed by atoms with van der Waals surface area (Å²) in [6.45, 7) is 7.77.